The van der Waals surface area contributed by atoms with Crippen molar-refractivity contribution in [3.63, 3.8) is 0 Å². The molecular weight excluding hydrogens is 945 g/mol. The first kappa shape index (κ1) is 59.0. The standard InChI is InChI=1S/C24H40N4O6S.C23H38N4O6S.CH4/c1-3-34-15-4-5-20-6-8-22(9-7-20)27-10-12-28(13-11-27)35(31,32)23-17-21(24(29)25-30)18-26(19-23)14-16-33-2;1-32-14-3-4-19-5-7-21(8-6-19)26-9-11-27(12-10-26)34(30,31)22-16-20(23(28)24-29)17-25(18-22)13-15-33-2;/h6-9,21,23,30H,3-5,10-19H2,1-2H3,(H,25,29);5-8,20,22,29H,3-4,9-18H2,1-2H3,(H,24,28);1H4. The van der Waals surface area contributed by atoms with E-state index in [0.717, 1.165) is 56.9 Å². The van der Waals surface area contributed by atoms with Crippen LogP contribution in [0.5, 0.6) is 0 Å². The van der Waals surface area contributed by atoms with E-state index in [0.29, 0.717) is 105 Å². The number of aryl methyl sites for hydroxylation is 2. The van der Waals surface area contributed by atoms with Crippen molar-refractivity contribution in [1.29, 1.82) is 0 Å². The number of ether oxygens (including phenoxy) is 4. The van der Waals surface area contributed by atoms with E-state index in [1.54, 1.807) is 40.9 Å². The van der Waals surface area contributed by atoms with Crippen molar-refractivity contribution in [2.45, 2.75) is 63.4 Å². The van der Waals surface area contributed by atoms with Gasteiger partial charge < -0.3 is 28.7 Å². The number of amides is 2. The lowest BCUT2D eigenvalue weighted by Gasteiger charge is -2.41. The van der Waals surface area contributed by atoms with Gasteiger partial charge in [-0.3, -0.25) is 29.8 Å². The molecule has 0 aromatic heterocycles. The largest absolute Gasteiger partial charge is 0.385 e. The van der Waals surface area contributed by atoms with Crippen LogP contribution in [0.4, 0.5) is 11.4 Å². The van der Waals surface area contributed by atoms with Crippen LogP contribution < -0.4 is 20.8 Å². The van der Waals surface area contributed by atoms with E-state index in [2.05, 4.69) is 58.3 Å². The van der Waals surface area contributed by atoms with E-state index in [9.17, 15) is 26.4 Å². The summed E-state index contributed by atoms with van der Waals surface area (Å²) in [4.78, 5) is 32.5. The number of rotatable bonds is 23. The number of likely N-dealkylation sites (tertiary alicyclic amines) is 2. The number of methoxy groups -OCH3 is 3. The Labute approximate surface area is 417 Å². The van der Waals surface area contributed by atoms with E-state index >= 15 is 0 Å². The van der Waals surface area contributed by atoms with Crippen LogP contribution in [0.25, 0.3) is 0 Å². The number of nitrogens with zero attached hydrogens (tertiary/aromatic N) is 6. The van der Waals surface area contributed by atoms with Crippen LogP contribution >= 0.6 is 0 Å². The zero-order chi connectivity index (χ0) is 49.8. The summed E-state index contributed by atoms with van der Waals surface area (Å²) in [5.74, 6) is -2.26. The lowest BCUT2D eigenvalue weighted by Crippen LogP contribution is -2.56. The van der Waals surface area contributed by atoms with Crippen molar-refractivity contribution in [3.8, 4) is 0 Å². The van der Waals surface area contributed by atoms with Gasteiger partial charge in [0.25, 0.3) is 0 Å². The number of nitrogens with one attached hydrogen (secondary N) is 2. The van der Waals surface area contributed by atoms with E-state index in [1.165, 1.54) is 11.1 Å². The molecule has 0 aliphatic carbocycles. The third kappa shape index (κ3) is 17.0. The third-order valence-electron chi connectivity index (χ3n) is 13.6. The number of benzene rings is 2. The molecule has 4 atom stereocenters. The molecule has 6 rings (SSSR count). The number of hydroxylamine groups is 2. The number of piperidine rings is 2. The van der Waals surface area contributed by atoms with Gasteiger partial charge in [-0.25, -0.2) is 27.8 Å². The highest BCUT2D eigenvalue weighted by atomic mass is 32.2. The van der Waals surface area contributed by atoms with Crippen LogP contribution in [-0.4, -0.2) is 214 Å². The molecule has 4 fully saturated rings. The second-order valence-electron chi connectivity index (χ2n) is 18.2. The van der Waals surface area contributed by atoms with Crippen LogP contribution in [0.15, 0.2) is 48.5 Å². The summed E-state index contributed by atoms with van der Waals surface area (Å²) in [7, 11) is -2.30. The molecule has 4 N–H and O–H groups in total. The maximum atomic E-state index is 13.5. The minimum atomic E-state index is -3.59. The summed E-state index contributed by atoms with van der Waals surface area (Å²) in [6.45, 7) is 11.8. The number of anilines is 2. The molecule has 70 heavy (non-hydrogen) atoms. The molecule has 22 heteroatoms. The Kier molecular flexibility index (Phi) is 25.2. The van der Waals surface area contributed by atoms with Crippen LogP contribution in [0, 0.1) is 11.8 Å². The topological polar surface area (TPSA) is 223 Å². The highest BCUT2D eigenvalue weighted by Gasteiger charge is 2.43. The van der Waals surface area contributed by atoms with Crippen molar-refractivity contribution in [2.24, 2.45) is 11.8 Å². The zero-order valence-electron chi connectivity index (χ0n) is 41.1. The monoisotopic (exact) mass is 1030 g/mol. The van der Waals surface area contributed by atoms with Gasteiger partial charge in [-0.05, 0) is 80.8 Å². The van der Waals surface area contributed by atoms with E-state index in [-0.39, 0.29) is 20.3 Å². The summed E-state index contributed by atoms with van der Waals surface area (Å²) in [5.41, 5.74) is 8.10. The molecule has 2 aromatic carbocycles. The molecular formula is C48H82N8O12S2. The van der Waals surface area contributed by atoms with E-state index < -0.39 is 54.2 Å². The van der Waals surface area contributed by atoms with Crippen molar-refractivity contribution >= 4 is 43.2 Å². The summed E-state index contributed by atoms with van der Waals surface area (Å²) in [6, 6.07) is 16.9. The van der Waals surface area contributed by atoms with Gasteiger partial charge in [0.15, 0.2) is 0 Å². The second-order valence-corrected chi connectivity index (χ2v) is 22.6. The Morgan fingerprint density at radius 2 is 0.943 bits per heavy atom. The molecule has 4 aliphatic heterocycles. The molecule has 2 aromatic rings. The molecule has 2 amide bonds. The normalized spacial score (nSPS) is 22.1. The number of hydrogen-bond donors (Lipinski definition) is 4. The minimum Gasteiger partial charge on any atom is -0.385 e. The molecule has 4 saturated heterocycles. The Morgan fingerprint density at radius 3 is 1.29 bits per heavy atom. The van der Waals surface area contributed by atoms with Gasteiger partial charge in [-0.15, -0.1) is 0 Å². The van der Waals surface area contributed by atoms with E-state index in [4.69, 9.17) is 29.4 Å². The highest BCUT2D eigenvalue weighted by molar-refractivity contribution is 7.90. The van der Waals surface area contributed by atoms with E-state index in [1.807, 2.05) is 16.7 Å². The Hall–Kier alpha value is -3.52. The number of carbonyl (C=O) groups is 2. The number of piperazine rings is 2. The molecule has 20 nitrogen and oxygen atoms in total. The third-order valence-corrected chi connectivity index (χ3v) is 18.1. The second kappa shape index (κ2) is 29.9. The van der Waals surface area contributed by atoms with Crippen LogP contribution in [0.2, 0.25) is 0 Å². The van der Waals surface area contributed by atoms with Crippen molar-refractivity contribution in [3.05, 3.63) is 59.7 Å². The fraction of sp³-hybridized carbons (Fsp3) is 0.708. The van der Waals surface area contributed by atoms with Gasteiger partial charge in [0, 0.05) is 144 Å². The average molecular weight is 1030 g/mol. The number of sulfonamides is 2. The van der Waals surface area contributed by atoms with Gasteiger partial charge in [0.2, 0.25) is 31.9 Å². The van der Waals surface area contributed by atoms with Crippen molar-refractivity contribution in [1.82, 2.24) is 29.4 Å². The summed E-state index contributed by atoms with van der Waals surface area (Å²) in [6.07, 6.45) is 4.32. The zero-order valence-corrected chi connectivity index (χ0v) is 42.7. The van der Waals surface area contributed by atoms with Crippen LogP contribution in [0.3, 0.4) is 0 Å². The van der Waals surface area contributed by atoms with Gasteiger partial charge in [0.1, 0.15) is 0 Å². The van der Waals surface area contributed by atoms with Crippen LogP contribution in [0.1, 0.15) is 51.2 Å². The Balaban J connectivity index is 0.000000300. The Bertz CT molecular complexity index is 2060. The predicted molar refractivity (Wildman–Crippen MR) is 270 cm³/mol. The minimum absolute atomic E-state index is 0. The maximum absolute atomic E-state index is 13.5. The fourth-order valence-electron chi connectivity index (χ4n) is 9.59. The summed E-state index contributed by atoms with van der Waals surface area (Å²) >= 11 is 0. The maximum Gasteiger partial charge on any atom is 0.247 e. The predicted octanol–water partition coefficient (Wildman–Crippen LogP) is 2.15. The highest BCUT2D eigenvalue weighted by Crippen LogP contribution is 2.29. The molecule has 4 heterocycles. The molecule has 4 unspecified atom stereocenters. The molecule has 0 saturated carbocycles. The smallest absolute Gasteiger partial charge is 0.247 e. The van der Waals surface area contributed by atoms with Gasteiger partial charge in [-0.1, -0.05) is 31.7 Å². The quantitative estimate of drug-likeness (QED) is 0.0712. The lowest BCUT2D eigenvalue weighted by atomic mass is 9.97. The summed E-state index contributed by atoms with van der Waals surface area (Å²) in [5, 5.41) is 16.8. The van der Waals surface area contributed by atoms with Crippen molar-refractivity contribution < 1.29 is 55.8 Å². The number of hydrogen-bond acceptors (Lipinski definition) is 16. The van der Waals surface area contributed by atoms with Gasteiger partial charge in [-0.2, -0.15) is 8.61 Å². The Morgan fingerprint density at radius 1 is 0.571 bits per heavy atom. The average Bonchev–Trinajstić information content (AvgIpc) is 3.38. The first-order valence-electron chi connectivity index (χ1n) is 24.3. The molecule has 0 spiro atoms. The number of carbonyl (C=O) groups excluding carboxylic acids is 2. The van der Waals surface area contributed by atoms with Gasteiger partial charge in [0.05, 0.1) is 35.5 Å². The molecule has 398 valence electrons. The lowest BCUT2D eigenvalue weighted by molar-refractivity contribution is -0.135. The molecule has 0 radical (unpaired) electrons. The van der Waals surface area contributed by atoms with Crippen molar-refractivity contribution in [2.75, 3.05) is 156 Å². The first-order valence-corrected chi connectivity index (χ1v) is 27.3. The van der Waals surface area contributed by atoms with Gasteiger partial charge >= 0.3 is 0 Å². The molecule has 0 bridgehead atoms. The first-order chi connectivity index (χ1) is 33.3. The molecule has 4 aliphatic rings. The summed E-state index contributed by atoms with van der Waals surface area (Å²) < 4.78 is 77.8. The SMILES string of the molecule is C.CCOCCCc1ccc(N2CCN(S(=O)(=O)C3CC(C(=O)NO)CN(CCOC)C3)CC2)cc1.COCCCc1ccc(N2CCN(S(=O)(=O)C3CC(C(=O)NO)CN(CCOC)C3)CC2)cc1. The van der Waals surface area contributed by atoms with Crippen LogP contribution in [-0.2, 0) is 61.4 Å². The fourth-order valence-corrected chi connectivity index (χ4v) is 13.5.